The Labute approximate surface area is 84.3 Å². The number of nitrogens with two attached hydrogens (primary N) is 1. The number of fused-ring (bicyclic) bond motifs is 1. The van der Waals surface area contributed by atoms with Crippen LogP contribution in [0.3, 0.4) is 0 Å². The first-order valence-electron chi connectivity index (χ1n) is 4.99. The van der Waals surface area contributed by atoms with E-state index < -0.39 is 0 Å². The first-order chi connectivity index (χ1) is 6.70. The van der Waals surface area contributed by atoms with Gasteiger partial charge in [-0.25, -0.2) is 0 Å². The summed E-state index contributed by atoms with van der Waals surface area (Å²) in [6, 6.07) is 6.67. The Morgan fingerprint density at radius 1 is 1.43 bits per heavy atom. The van der Waals surface area contributed by atoms with Crippen LogP contribution in [0.25, 0.3) is 0 Å². The average molecular weight is 186 g/mol. The lowest BCUT2D eigenvalue weighted by atomic mass is 9.86. The molecule has 0 saturated carbocycles. The molecular formula is C12H14N2. The van der Waals surface area contributed by atoms with Gasteiger partial charge in [-0.15, -0.1) is 0 Å². The van der Waals surface area contributed by atoms with Crippen LogP contribution < -0.4 is 5.73 Å². The maximum absolute atomic E-state index is 8.90. The van der Waals surface area contributed by atoms with Gasteiger partial charge in [0.2, 0.25) is 0 Å². The first kappa shape index (κ1) is 9.23. The Kier molecular flexibility index (Phi) is 2.26. The van der Waals surface area contributed by atoms with Crippen molar-refractivity contribution < 1.29 is 0 Å². The number of aryl methyl sites for hydroxylation is 2. The molecule has 1 aliphatic rings. The fourth-order valence-corrected chi connectivity index (χ4v) is 2.08. The molecule has 1 aromatic rings. The van der Waals surface area contributed by atoms with Crippen LogP contribution in [-0.4, -0.2) is 6.04 Å². The summed E-state index contributed by atoms with van der Waals surface area (Å²) in [6.45, 7) is 1.99. The second kappa shape index (κ2) is 3.43. The second-order valence-corrected chi connectivity index (χ2v) is 4.05. The third-order valence-electron chi connectivity index (χ3n) is 2.93. The van der Waals surface area contributed by atoms with Crippen molar-refractivity contribution in [3.63, 3.8) is 0 Å². The fourth-order valence-electron chi connectivity index (χ4n) is 2.08. The van der Waals surface area contributed by atoms with Crippen LogP contribution in [0.1, 0.15) is 28.7 Å². The summed E-state index contributed by atoms with van der Waals surface area (Å²) < 4.78 is 0. The molecule has 1 aromatic carbocycles. The molecule has 0 spiro atoms. The quantitative estimate of drug-likeness (QED) is 0.670. The Morgan fingerprint density at radius 2 is 2.21 bits per heavy atom. The van der Waals surface area contributed by atoms with Crippen molar-refractivity contribution in [2.75, 3.05) is 0 Å². The Morgan fingerprint density at radius 3 is 2.93 bits per heavy atom. The van der Waals surface area contributed by atoms with E-state index >= 15 is 0 Å². The highest BCUT2D eigenvalue weighted by Crippen LogP contribution is 2.23. The van der Waals surface area contributed by atoms with Crippen LogP contribution in [0.15, 0.2) is 12.1 Å². The Hall–Kier alpha value is -1.33. The lowest BCUT2D eigenvalue weighted by Crippen LogP contribution is -2.27. The number of nitriles is 1. The van der Waals surface area contributed by atoms with Gasteiger partial charge < -0.3 is 5.73 Å². The number of benzene rings is 1. The van der Waals surface area contributed by atoms with Gasteiger partial charge in [-0.1, -0.05) is 6.07 Å². The van der Waals surface area contributed by atoms with Crippen molar-refractivity contribution in [1.82, 2.24) is 0 Å². The minimum atomic E-state index is 0.301. The molecule has 2 rings (SSSR count). The van der Waals surface area contributed by atoms with Crippen molar-refractivity contribution in [1.29, 1.82) is 5.26 Å². The molecule has 0 heterocycles. The van der Waals surface area contributed by atoms with Crippen LogP contribution in [0.2, 0.25) is 0 Å². The molecule has 0 fully saturated rings. The summed E-state index contributed by atoms with van der Waals surface area (Å²) in [5.41, 5.74) is 10.4. The molecule has 0 amide bonds. The standard InChI is InChI=1S/C12H14N2/c1-8-4-10-6-12(14)3-2-9(10)5-11(8)7-13/h4-5,12H,2-3,6,14H2,1H3. The van der Waals surface area contributed by atoms with Crippen LogP contribution >= 0.6 is 0 Å². The predicted octanol–water partition coefficient (Wildman–Crippen LogP) is 1.68. The predicted molar refractivity (Wildman–Crippen MR) is 55.9 cm³/mol. The normalized spacial score (nSPS) is 19.9. The lowest BCUT2D eigenvalue weighted by molar-refractivity contribution is 0.576. The average Bonchev–Trinajstić information content (AvgIpc) is 2.16. The van der Waals surface area contributed by atoms with Crippen LogP contribution in [0.4, 0.5) is 0 Å². The zero-order valence-corrected chi connectivity index (χ0v) is 8.38. The van der Waals surface area contributed by atoms with Crippen LogP contribution in [0, 0.1) is 18.3 Å². The summed E-state index contributed by atoms with van der Waals surface area (Å²) in [5.74, 6) is 0. The van der Waals surface area contributed by atoms with E-state index in [1.807, 2.05) is 13.0 Å². The third-order valence-corrected chi connectivity index (χ3v) is 2.93. The molecule has 0 bridgehead atoms. The maximum atomic E-state index is 8.90. The largest absolute Gasteiger partial charge is 0.327 e. The van der Waals surface area contributed by atoms with E-state index in [0.717, 1.165) is 30.4 Å². The highest BCUT2D eigenvalue weighted by Gasteiger charge is 2.16. The van der Waals surface area contributed by atoms with Gasteiger partial charge in [-0.05, 0) is 48.9 Å². The van der Waals surface area contributed by atoms with Crippen molar-refractivity contribution in [2.24, 2.45) is 5.73 Å². The molecule has 2 nitrogen and oxygen atoms in total. The Bertz CT molecular complexity index is 402. The SMILES string of the molecule is Cc1cc2c(cc1C#N)CCC(N)C2. The van der Waals surface area contributed by atoms with Crippen molar-refractivity contribution >= 4 is 0 Å². The molecule has 1 atom stereocenters. The smallest absolute Gasteiger partial charge is 0.0994 e. The van der Waals surface area contributed by atoms with Gasteiger partial charge >= 0.3 is 0 Å². The molecule has 1 unspecified atom stereocenters. The molecule has 1 aliphatic carbocycles. The minimum Gasteiger partial charge on any atom is -0.327 e. The van der Waals surface area contributed by atoms with Gasteiger partial charge in [0.15, 0.2) is 0 Å². The molecule has 0 aliphatic heterocycles. The van der Waals surface area contributed by atoms with Gasteiger partial charge in [0.25, 0.3) is 0 Å². The van der Waals surface area contributed by atoms with E-state index in [-0.39, 0.29) is 0 Å². The molecular weight excluding hydrogens is 172 g/mol. The lowest BCUT2D eigenvalue weighted by Gasteiger charge is -2.22. The zero-order chi connectivity index (χ0) is 10.1. The zero-order valence-electron chi connectivity index (χ0n) is 8.38. The second-order valence-electron chi connectivity index (χ2n) is 4.05. The minimum absolute atomic E-state index is 0.301. The molecule has 14 heavy (non-hydrogen) atoms. The van der Waals surface area contributed by atoms with Gasteiger partial charge in [-0.2, -0.15) is 5.26 Å². The van der Waals surface area contributed by atoms with Gasteiger partial charge in [0, 0.05) is 6.04 Å². The van der Waals surface area contributed by atoms with Crippen molar-refractivity contribution in [2.45, 2.75) is 32.2 Å². The number of hydrogen-bond acceptors (Lipinski definition) is 2. The van der Waals surface area contributed by atoms with E-state index in [4.69, 9.17) is 11.0 Å². The van der Waals surface area contributed by atoms with Crippen molar-refractivity contribution in [3.05, 3.63) is 34.4 Å². The Balaban J connectivity index is 2.47. The van der Waals surface area contributed by atoms with Crippen molar-refractivity contribution in [3.8, 4) is 6.07 Å². The van der Waals surface area contributed by atoms with E-state index in [9.17, 15) is 0 Å². The van der Waals surface area contributed by atoms with E-state index in [1.54, 1.807) is 0 Å². The highest BCUT2D eigenvalue weighted by molar-refractivity contribution is 5.45. The molecule has 72 valence electrons. The summed E-state index contributed by atoms with van der Waals surface area (Å²) in [4.78, 5) is 0. The van der Waals surface area contributed by atoms with Gasteiger partial charge in [0.1, 0.15) is 0 Å². The molecule has 0 saturated heterocycles. The van der Waals surface area contributed by atoms with E-state index in [2.05, 4.69) is 12.1 Å². The highest BCUT2D eigenvalue weighted by atomic mass is 14.6. The van der Waals surface area contributed by atoms with E-state index in [1.165, 1.54) is 11.1 Å². The first-order valence-corrected chi connectivity index (χ1v) is 4.99. The summed E-state index contributed by atoms with van der Waals surface area (Å²) in [7, 11) is 0. The molecule has 0 aromatic heterocycles. The number of rotatable bonds is 0. The number of nitrogens with zero attached hydrogens (tertiary/aromatic N) is 1. The molecule has 2 N–H and O–H groups in total. The van der Waals surface area contributed by atoms with Gasteiger partial charge in [-0.3, -0.25) is 0 Å². The van der Waals surface area contributed by atoms with E-state index in [0.29, 0.717) is 6.04 Å². The summed E-state index contributed by atoms with van der Waals surface area (Å²) >= 11 is 0. The van der Waals surface area contributed by atoms with Crippen LogP contribution in [-0.2, 0) is 12.8 Å². The van der Waals surface area contributed by atoms with Crippen LogP contribution in [0.5, 0.6) is 0 Å². The molecule has 2 heteroatoms. The fraction of sp³-hybridized carbons (Fsp3) is 0.417. The van der Waals surface area contributed by atoms with Gasteiger partial charge in [0.05, 0.1) is 11.6 Å². The topological polar surface area (TPSA) is 49.8 Å². The number of hydrogen-bond donors (Lipinski definition) is 1. The monoisotopic (exact) mass is 186 g/mol. The summed E-state index contributed by atoms with van der Waals surface area (Å²) in [6.07, 6.45) is 3.02. The summed E-state index contributed by atoms with van der Waals surface area (Å²) in [5, 5.41) is 8.90. The maximum Gasteiger partial charge on any atom is 0.0994 e. The molecule has 0 radical (unpaired) electrons. The third kappa shape index (κ3) is 1.51.